The van der Waals surface area contributed by atoms with E-state index in [1.165, 1.54) is 16.8 Å². The Hall–Kier alpha value is -4.42. The summed E-state index contributed by atoms with van der Waals surface area (Å²) < 4.78 is 65.5. The number of ether oxygens (including phenoxy) is 2. The van der Waals surface area contributed by atoms with Crippen LogP contribution in [-0.2, 0) is 29.1 Å². The van der Waals surface area contributed by atoms with Gasteiger partial charge in [-0.1, -0.05) is 13.8 Å². The van der Waals surface area contributed by atoms with Crippen molar-refractivity contribution >= 4 is 33.8 Å². The molecular weight excluding hydrogens is 682 g/mol. The Labute approximate surface area is 287 Å². The van der Waals surface area contributed by atoms with Crippen LogP contribution in [0.4, 0.5) is 13.6 Å². The molecule has 19 heteroatoms. The Bertz CT molecular complexity index is 1730. The minimum atomic E-state index is -4.11. The van der Waals surface area contributed by atoms with Gasteiger partial charge in [-0.15, -0.1) is 10.2 Å². The van der Waals surface area contributed by atoms with Crippen LogP contribution in [0.5, 0.6) is 5.75 Å². The Morgan fingerprint density at radius 2 is 1.76 bits per heavy atom. The third kappa shape index (κ3) is 7.22. The third-order valence-corrected chi connectivity index (χ3v) is 11.6. The van der Waals surface area contributed by atoms with Crippen molar-refractivity contribution in [1.29, 1.82) is 0 Å². The third-order valence-electron chi connectivity index (χ3n) is 9.77. The number of halogens is 2. The van der Waals surface area contributed by atoms with Gasteiger partial charge in [0, 0.05) is 18.5 Å². The second-order valence-electron chi connectivity index (χ2n) is 13.7. The van der Waals surface area contributed by atoms with E-state index in [0.717, 1.165) is 6.42 Å². The van der Waals surface area contributed by atoms with Gasteiger partial charge in [0.2, 0.25) is 34.1 Å². The normalized spacial score (nSPS) is 25.5. The van der Waals surface area contributed by atoms with E-state index in [9.17, 15) is 36.4 Å². The summed E-state index contributed by atoms with van der Waals surface area (Å²) >= 11 is 0. The summed E-state index contributed by atoms with van der Waals surface area (Å²) in [5, 5.41) is 16.9. The summed E-state index contributed by atoms with van der Waals surface area (Å²) in [7, 11) is -2.58. The van der Waals surface area contributed by atoms with Crippen LogP contribution in [-0.4, -0.2) is 106 Å². The SMILES string of the molecule is COc1ccc(-c2nnn([C@@H]3CC(C(=O)N[C@]4(C(=O)NS(=O)(=O)C5CC5)C[C@H]4C(F)F)N(C(=O)[C@@H](NC(=O)OC4CCC4)C(C)C)C3)n2)cc1. The lowest BCUT2D eigenvalue weighted by Gasteiger charge is -2.32. The molecule has 272 valence electrons. The molecule has 5 atom stereocenters. The molecule has 2 heterocycles. The summed E-state index contributed by atoms with van der Waals surface area (Å²) in [4.78, 5) is 56.5. The number of tetrazole rings is 1. The molecule has 3 saturated carbocycles. The van der Waals surface area contributed by atoms with E-state index >= 15 is 0 Å². The van der Waals surface area contributed by atoms with Gasteiger partial charge in [0.25, 0.3) is 5.91 Å². The number of carbonyl (C=O) groups excluding carboxylic acids is 4. The molecule has 0 spiro atoms. The number of benzene rings is 1. The fourth-order valence-electron chi connectivity index (χ4n) is 6.24. The molecule has 4 fully saturated rings. The number of rotatable bonds is 13. The fraction of sp³-hybridized carbons (Fsp3) is 0.645. The molecule has 2 aromatic rings. The van der Waals surface area contributed by atoms with Gasteiger partial charge in [0.05, 0.1) is 24.3 Å². The molecule has 4 amide bonds. The van der Waals surface area contributed by atoms with Crippen LogP contribution < -0.4 is 20.1 Å². The highest BCUT2D eigenvalue weighted by Crippen LogP contribution is 2.48. The minimum absolute atomic E-state index is 0.106. The van der Waals surface area contributed by atoms with Gasteiger partial charge in [0.1, 0.15) is 29.5 Å². The number of hydrogen-bond donors (Lipinski definition) is 3. The molecule has 0 radical (unpaired) electrons. The van der Waals surface area contributed by atoms with Crippen LogP contribution >= 0.6 is 0 Å². The summed E-state index contributed by atoms with van der Waals surface area (Å²) in [6, 6.07) is 3.69. The minimum Gasteiger partial charge on any atom is -0.497 e. The Morgan fingerprint density at radius 1 is 1.06 bits per heavy atom. The average molecular weight is 723 g/mol. The smallest absolute Gasteiger partial charge is 0.408 e. The van der Waals surface area contributed by atoms with Crippen molar-refractivity contribution < 1.29 is 45.9 Å². The van der Waals surface area contributed by atoms with E-state index < -0.39 is 87.4 Å². The number of aromatic nitrogens is 4. The predicted molar refractivity (Wildman–Crippen MR) is 170 cm³/mol. The average Bonchev–Trinajstić information content (AvgIpc) is 3.94. The summed E-state index contributed by atoms with van der Waals surface area (Å²) in [5.74, 6) is -4.08. The quantitative estimate of drug-likeness (QED) is 0.271. The molecule has 1 unspecified atom stereocenters. The van der Waals surface area contributed by atoms with Crippen LogP contribution in [0.2, 0.25) is 0 Å². The molecule has 1 aliphatic heterocycles. The van der Waals surface area contributed by atoms with E-state index in [0.29, 0.717) is 37.0 Å². The number of hydrogen-bond acceptors (Lipinski definition) is 11. The lowest BCUT2D eigenvalue weighted by Crippen LogP contribution is -2.59. The lowest BCUT2D eigenvalue weighted by atomic mass is 9.96. The van der Waals surface area contributed by atoms with Crippen molar-refractivity contribution in [2.75, 3.05) is 13.7 Å². The van der Waals surface area contributed by atoms with E-state index in [1.54, 1.807) is 38.1 Å². The zero-order valence-electron chi connectivity index (χ0n) is 27.8. The first-order valence-electron chi connectivity index (χ1n) is 16.6. The molecule has 0 bridgehead atoms. The zero-order valence-corrected chi connectivity index (χ0v) is 28.6. The molecular formula is C31H40F2N8O8S. The molecule has 50 heavy (non-hydrogen) atoms. The Balaban J connectivity index is 1.26. The number of nitrogens with one attached hydrogen (secondary N) is 3. The first-order valence-corrected chi connectivity index (χ1v) is 18.1. The second-order valence-corrected chi connectivity index (χ2v) is 15.6. The van der Waals surface area contributed by atoms with Gasteiger partial charge in [0.15, 0.2) is 0 Å². The van der Waals surface area contributed by atoms with Gasteiger partial charge in [-0.05, 0) is 73.9 Å². The summed E-state index contributed by atoms with van der Waals surface area (Å²) in [5.41, 5.74) is -1.58. The summed E-state index contributed by atoms with van der Waals surface area (Å²) in [6.07, 6.45) is -1.67. The number of methoxy groups -OCH3 is 1. The highest BCUT2D eigenvalue weighted by molar-refractivity contribution is 7.91. The van der Waals surface area contributed by atoms with Gasteiger partial charge < -0.3 is 25.0 Å². The molecule has 3 aliphatic carbocycles. The predicted octanol–water partition coefficient (Wildman–Crippen LogP) is 1.54. The van der Waals surface area contributed by atoms with Gasteiger partial charge in [-0.3, -0.25) is 19.1 Å². The maximum Gasteiger partial charge on any atom is 0.408 e. The number of sulfonamides is 1. The molecule has 6 rings (SSSR count). The number of alkyl halides is 2. The molecule has 1 aromatic carbocycles. The molecule has 3 N–H and O–H groups in total. The highest BCUT2D eigenvalue weighted by atomic mass is 32.2. The fourth-order valence-corrected chi connectivity index (χ4v) is 7.60. The standard InChI is InChI=1S/C31H40F2N8O8S/c1-16(2)24(34-30(45)49-20-5-4-6-20)28(43)40-15-18(41-37-26(36-39-41)17-7-9-19(48-3)10-8-17)13-23(40)27(42)35-31(14-22(31)25(32)33)29(44)38-50(46,47)21-11-12-21/h7-10,16,18,20-25H,4-6,11-15H2,1-3H3,(H,34,45)(H,35,42)(H,38,44)/t18-,22+,23?,24+,31-/m1/s1. The van der Waals surface area contributed by atoms with Gasteiger partial charge in [-0.2, -0.15) is 4.80 Å². The summed E-state index contributed by atoms with van der Waals surface area (Å²) in [6.45, 7) is 3.27. The number of likely N-dealkylation sites (tertiary alicyclic amines) is 1. The molecule has 4 aliphatic rings. The largest absolute Gasteiger partial charge is 0.497 e. The van der Waals surface area contributed by atoms with Crippen molar-refractivity contribution in [2.45, 2.75) is 100 Å². The van der Waals surface area contributed by atoms with Crippen LogP contribution in [0.25, 0.3) is 11.4 Å². The van der Waals surface area contributed by atoms with Crippen LogP contribution in [0, 0.1) is 11.8 Å². The molecule has 1 saturated heterocycles. The van der Waals surface area contributed by atoms with Crippen molar-refractivity contribution in [1.82, 2.24) is 40.5 Å². The van der Waals surface area contributed by atoms with E-state index in [1.807, 2.05) is 4.72 Å². The van der Waals surface area contributed by atoms with Crippen molar-refractivity contribution in [3.63, 3.8) is 0 Å². The second kappa shape index (κ2) is 13.7. The number of amides is 4. The monoisotopic (exact) mass is 722 g/mol. The van der Waals surface area contributed by atoms with Crippen molar-refractivity contribution in [3.05, 3.63) is 24.3 Å². The van der Waals surface area contributed by atoms with E-state index in [-0.39, 0.29) is 24.9 Å². The molecule has 16 nitrogen and oxygen atoms in total. The number of nitrogens with zero attached hydrogens (tertiary/aromatic N) is 5. The Morgan fingerprint density at radius 3 is 2.32 bits per heavy atom. The highest BCUT2D eigenvalue weighted by Gasteiger charge is 2.66. The van der Waals surface area contributed by atoms with E-state index in [4.69, 9.17) is 9.47 Å². The number of alkyl carbamates (subject to hydrolysis) is 1. The maximum absolute atomic E-state index is 14.1. The first kappa shape index (κ1) is 35.4. The van der Waals surface area contributed by atoms with Gasteiger partial charge >= 0.3 is 6.09 Å². The van der Waals surface area contributed by atoms with Crippen LogP contribution in [0.15, 0.2) is 24.3 Å². The number of carbonyl (C=O) groups is 4. The topological polar surface area (TPSA) is 204 Å². The van der Waals surface area contributed by atoms with Crippen LogP contribution in [0.1, 0.15) is 64.8 Å². The first-order chi connectivity index (χ1) is 23.7. The Kier molecular flexibility index (Phi) is 9.71. The maximum atomic E-state index is 14.1. The lowest BCUT2D eigenvalue weighted by molar-refractivity contribution is -0.142. The van der Waals surface area contributed by atoms with Crippen molar-refractivity contribution in [2.24, 2.45) is 11.8 Å². The van der Waals surface area contributed by atoms with Crippen molar-refractivity contribution in [3.8, 4) is 17.1 Å². The van der Waals surface area contributed by atoms with E-state index in [2.05, 4.69) is 26.0 Å². The molecule has 1 aromatic heterocycles. The van der Waals surface area contributed by atoms with Gasteiger partial charge in [-0.25, -0.2) is 22.0 Å². The van der Waals surface area contributed by atoms with Crippen LogP contribution in [0.3, 0.4) is 0 Å². The zero-order chi connectivity index (χ0) is 36.0.